The van der Waals surface area contributed by atoms with Crippen LogP contribution in [0.2, 0.25) is 0 Å². The molecule has 34 heavy (non-hydrogen) atoms. The number of carbonyl (C=O) groups is 3. The number of hydrogen-bond acceptors (Lipinski definition) is 4. The van der Waals surface area contributed by atoms with Crippen molar-refractivity contribution in [1.82, 2.24) is 10.2 Å². The summed E-state index contributed by atoms with van der Waals surface area (Å²) in [5, 5.41) is 2.98. The van der Waals surface area contributed by atoms with Crippen LogP contribution in [0.25, 0.3) is 0 Å². The molecule has 6 heteroatoms. The van der Waals surface area contributed by atoms with E-state index in [0.717, 1.165) is 32.2 Å². The molecule has 0 aromatic heterocycles. The fourth-order valence-corrected chi connectivity index (χ4v) is 6.09. The first-order chi connectivity index (χ1) is 16.0. The molecule has 3 aliphatic rings. The molecule has 3 amide bonds. The minimum atomic E-state index is -0.424. The molecule has 196 valence electrons. The van der Waals surface area contributed by atoms with Crippen LogP contribution < -0.4 is 5.32 Å². The maximum Gasteiger partial charge on any atom is 0.416 e. The Hall–Kier alpha value is -1.59. The third-order valence-corrected chi connectivity index (χ3v) is 8.22. The average Bonchev–Trinajstić information content (AvgIpc) is 3.20. The Kier molecular flexibility index (Phi) is 11.4. The lowest BCUT2D eigenvalue weighted by Gasteiger charge is -2.37. The lowest BCUT2D eigenvalue weighted by molar-refractivity contribution is -0.129. The summed E-state index contributed by atoms with van der Waals surface area (Å²) in [6, 6.07) is 0. The van der Waals surface area contributed by atoms with Crippen molar-refractivity contribution in [1.29, 1.82) is 0 Å². The van der Waals surface area contributed by atoms with Gasteiger partial charge in [-0.3, -0.25) is 9.59 Å². The van der Waals surface area contributed by atoms with Crippen molar-refractivity contribution in [3.8, 4) is 0 Å². The fourth-order valence-electron chi connectivity index (χ4n) is 6.09. The zero-order chi connectivity index (χ0) is 25.4. The topological polar surface area (TPSA) is 75.7 Å². The van der Waals surface area contributed by atoms with Crippen molar-refractivity contribution in [3.05, 3.63) is 0 Å². The van der Waals surface area contributed by atoms with Crippen molar-refractivity contribution in [2.45, 2.75) is 106 Å². The van der Waals surface area contributed by atoms with Gasteiger partial charge in [0.25, 0.3) is 0 Å². The highest BCUT2D eigenvalue weighted by molar-refractivity contribution is 5.93. The minimum absolute atomic E-state index is 0.0235. The van der Waals surface area contributed by atoms with E-state index in [1.807, 2.05) is 6.92 Å². The maximum absolute atomic E-state index is 12.1. The van der Waals surface area contributed by atoms with Gasteiger partial charge in [0.2, 0.25) is 11.8 Å². The van der Waals surface area contributed by atoms with Gasteiger partial charge in [-0.1, -0.05) is 54.4 Å². The van der Waals surface area contributed by atoms with Crippen LogP contribution in [0, 0.1) is 41.4 Å². The highest BCUT2D eigenvalue weighted by atomic mass is 16.6. The van der Waals surface area contributed by atoms with Gasteiger partial charge in [0.1, 0.15) is 6.10 Å². The lowest BCUT2D eigenvalue weighted by atomic mass is 9.70. The molecule has 2 saturated carbocycles. The van der Waals surface area contributed by atoms with Gasteiger partial charge in [-0.25, -0.2) is 9.69 Å². The van der Waals surface area contributed by atoms with Crippen molar-refractivity contribution in [3.63, 3.8) is 0 Å². The second-order valence-corrected chi connectivity index (χ2v) is 11.7. The summed E-state index contributed by atoms with van der Waals surface area (Å²) >= 11 is 0. The van der Waals surface area contributed by atoms with E-state index in [1.54, 1.807) is 0 Å². The van der Waals surface area contributed by atoms with Gasteiger partial charge in [-0.2, -0.15) is 0 Å². The van der Waals surface area contributed by atoms with E-state index in [0.29, 0.717) is 48.5 Å². The molecule has 6 unspecified atom stereocenters. The third-order valence-electron chi connectivity index (χ3n) is 8.22. The highest BCUT2D eigenvalue weighted by Crippen LogP contribution is 2.38. The predicted molar refractivity (Wildman–Crippen MR) is 136 cm³/mol. The molecule has 1 saturated heterocycles. The molecule has 2 aliphatic carbocycles. The fraction of sp³-hybridized carbons (Fsp3) is 0.893. The van der Waals surface area contributed by atoms with Gasteiger partial charge < -0.3 is 10.1 Å². The van der Waals surface area contributed by atoms with Crippen LogP contribution in [0.1, 0.15) is 99.8 Å². The number of likely N-dealkylation sites (tertiary alicyclic amines) is 1. The number of nitrogens with zero attached hydrogens (tertiary/aromatic N) is 1. The number of ether oxygens (including phenoxy) is 1. The van der Waals surface area contributed by atoms with Gasteiger partial charge in [-0.15, -0.1) is 0 Å². The normalized spacial score (nSPS) is 31.8. The van der Waals surface area contributed by atoms with E-state index in [-0.39, 0.29) is 23.8 Å². The summed E-state index contributed by atoms with van der Waals surface area (Å²) in [5.74, 6) is 3.93. The van der Waals surface area contributed by atoms with Crippen molar-refractivity contribution in [2.75, 3.05) is 13.1 Å². The van der Waals surface area contributed by atoms with Gasteiger partial charge in [0.15, 0.2) is 0 Å². The van der Waals surface area contributed by atoms with E-state index in [9.17, 15) is 14.4 Å². The predicted octanol–water partition coefficient (Wildman–Crippen LogP) is 6.04. The molecule has 1 aliphatic heterocycles. The second kappa shape index (κ2) is 13.5. The zero-order valence-electron chi connectivity index (χ0n) is 22.8. The smallest absolute Gasteiger partial charge is 0.416 e. The first-order valence-corrected chi connectivity index (χ1v) is 13.8. The molecule has 0 spiro atoms. The number of nitrogens with one attached hydrogen (secondary N) is 1. The van der Waals surface area contributed by atoms with Crippen LogP contribution in [-0.4, -0.2) is 42.0 Å². The SMILES string of the molecule is CC1CCC(C(C)C)C(OC(=O)N2CCCC2=O)C1.CCNC(=O)C1CC(C)CCC1C(C)C. The van der Waals surface area contributed by atoms with E-state index in [1.165, 1.54) is 24.2 Å². The van der Waals surface area contributed by atoms with Crippen LogP contribution in [0.4, 0.5) is 4.79 Å². The van der Waals surface area contributed by atoms with Crippen LogP contribution >= 0.6 is 0 Å². The molecule has 0 aromatic rings. The standard InChI is InChI=1S/C15H25NO3.C13H25NO/c1-10(2)12-7-6-11(3)9-13(12)19-15(18)16-8-4-5-14(16)17;1-5-14-13(15)12-8-10(4)6-7-11(12)9(2)3/h10-13H,4-9H2,1-3H3;9-12H,5-8H2,1-4H3,(H,14,15). The van der Waals surface area contributed by atoms with Crippen LogP contribution in [0.15, 0.2) is 0 Å². The van der Waals surface area contributed by atoms with E-state index in [4.69, 9.17) is 4.74 Å². The van der Waals surface area contributed by atoms with Crippen molar-refractivity contribution < 1.29 is 19.1 Å². The van der Waals surface area contributed by atoms with Gasteiger partial charge in [0.05, 0.1) is 0 Å². The summed E-state index contributed by atoms with van der Waals surface area (Å²) in [6.45, 7) is 16.6. The molecule has 1 heterocycles. The summed E-state index contributed by atoms with van der Waals surface area (Å²) in [6.07, 6.45) is 7.64. The Bertz CT molecular complexity index is 677. The number of amides is 3. The first kappa shape index (κ1) is 28.6. The van der Waals surface area contributed by atoms with Crippen molar-refractivity contribution >= 4 is 17.9 Å². The summed E-state index contributed by atoms with van der Waals surface area (Å²) in [4.78, 5) is 36.9. The number of rotatable bonds is 5. The molecule has 3 fully saturated rings. The molecule has 0 aromatic carbocycles. The first-order valence-electron chi connectivity index (χ1n) is 13.8. The molecule has 0 bridgehead atoms. The Morgan fingerprint density at radius 3 is 2.09 bits per heavy atom. The third kappa shape index (κ3) is 7.98. The van der Waals surface area contributed by atoms with Gasteiger partial charge in [-0.05, 0) is 74.5 Å². The van der Waals surface area contributed by atoms with Crippen LogP contribution in [0.3, 0.4) is 0 Å². The Labute approximate surface area is 207 Å². The largest absolute Gasteiger partial charge is 0.445 e. The monoisotopic (exact) mass is 478 g/mol. The van der Waals surface area contributed by atoms with E-state index >= 15 is 0 Å². The van der Waals surface area contributed by atoms with E-state index < -0.39 is 6.09 Å². The van der Waals surface area contributed by atoms with E-state index in [2.05, 4.69) is 46.9 Å². The molecular weight excluding hydrogens is 428 g/mol. The molecular formula is C28H50N2O4. The average molecular weight is 479 g/mol. The van der Waals surface area contributed by atoms with Crippen LogP contribution in [0.5, 0.6) is 0 Å². The van der Waals surface area contributed by atoms with Gasteiger partial charge in [0, 0.05) is 25.4 Å². The number of imide groups is 1. The zero-order valence-corrected chi connectivity index (χ0v) is 22.8. The van der Waals surface area contributed by atoms with Crippen LogP contribution in [-0.2, 0) is 14.3 Å². The highest BCUT2D eigenvalue weighted by Gasteiger charge is 2.37. The van der Waals surface area contributed by atoms with Crippen molar-refractivity contribution in [2.24, 2.45) is 41.4 Å². The minimum Gasteiger partial charge on any atom is -0.445 e. The molecule has 1 N–H and O–H groups in total. The summed E-state index contributed by atoms with van der Waals surface area (Å²) < 4.78 is 5.66. The Morgan fingerprint density at radius 2 is 1.56 bits per heavy atom. The molecule has 0 radical (unpaired) electrons. The molecule has 6 nitrogen and oxygen atoms in total. The molecule has 6 atom stereocenters. The number of hydrogen-bond donors (Lipinski definition) is 1. The number of carbonyl (C=O) groups excluding carboxylic acids is 3. The summed E-state index contributed by atoms with van der Waals surface area (Å²) in [5.41, 5.74) is 0. The maximum atomic E-state index is 12.1. The quantitative estimate of drug-likeness (QED) is 0.523. The Morgan fingerprint density at radius 1 is 0.971 bits per heavy atom. The molecule has 3 rings (SSSR count). The Balaban J connectivity index is 0.000000248. The summed E-state index contributed by atoms with van der Waals surface area (Å²) in [7, 11) is 0. The van der Waals surface area contributed by atoms with Gasteiger partial charge >= 0.3 is 6.09 Å². The second-order valence-electron chi connectivity index (χ2n) is 11.7. The lowest BCUT2D eigenvalue weighted by Crippen LogP contribution is -2.41.